The number of ether oxygens (including phenoxy) is 2. The average Bonchev–Trinajstić information content (AvgIpc) is 2.46. The molecule has 0 bridgehead atoms. The number of carbonyl (C=O) groups is 2. The Bertz CT molecular complexity index is 497. The van der Waals surface area contributed by atoms with Gasteiger partial charge in [-0.1, -0.05) is 31.2 Å². The highest BCUT2D eigenvalue weighted by molar-refractivity contribution is 5.74. The minimum absolute atomic E-state index is 0.0359. The van der Waals surface area contributed by atoms with E-state index in [0.717, 1.165) is 6.42 Å². The van der Waals surface area contributed by atoms with E-state index in [4.69, 9.17) is 9.47 Å². The van der Waals surface area contributed by atoms with Crippen molar-refractivity contribution in [3.63, 3.8) is 0 Å². The van der Waals surface area contributed by atoms with Crippen molar-refractivity contribution in [2.45, 2.75) is 32.6 Å². The second-order valence-electron chi connectivity index (χ2n) is 4.32. The number of esters is 2. The second-order valence-corrected chi connectivity index (χ2v) is 4.32. The Morgan fingerprint density at radius 3 is 2.57 bits per heavy atom. The molecule has 0 amide bonds. The quantitative estimate of drug-likeness (QED) is 0.419. The monoisotopic (exact) mass is 294 g/mol. The number of hydrogen-bond acceptors (Lipinski definition) is 4. The lowest BCUT2D eigenvalue weighted by molar-refractivity contribution is -0.142. The predicted octanol–water partition coefficient (Wildman–Crippen LogP) is 3.41. The lowest BCUT2D eigenvalue weighted by Gasteiger charge is -2.05. The zero-order valence-electron chi connectivity index (χ0n) is 12.0. The van der Waals surface area contributed by atoms with Crippen LogP contribution in [0, 0.1) is 5.82 Å². The van der Waals surface area contributed by atoms with Crippen molar-refractivity contribution >= 4 is 11.9 Å². The molecule has 0 N–H and O–H groups in total. The molecule has 0 aliphatic carbocycles. The molecule has 0 saturated carbocycles. The van der Waals surface area contributed by atoms with Crippen LogP contribution in [0.4, 0.5) is 4.39 Å². The fourth-order valence-corrected chi connectivity index (χ4v) is 1.53. The molecule has 0 aliphatic rings. The first-order chi connectivity index (χ1) is 10.1. The summed E-state index contributed by atoms with van der Waals surface area (Å²) in [6.07, 6.45) is 5.03. The van der Waals surface area contributed by atoms with Crippen LogP contribution >= 0.6 is 0 Å². The van der Waals surface area contributed by atoms with E-state index in [1.807, 2.05) is 13.0 Å². The number of benzene rings is 1. The first kappa shape index (κ1) is 16.9. The Morgan fingerprint density at radius 2 is 1.86 bits per heavy atom. The van der Waals surface area contributed by atoms with Gasteiger partial charge < -0.3 is 9.47 Å². The first-order valence-electron chi connectivity index (χ1n) is 6.89. The summed E-state index contributed by atoms with van der Waals surface area (Å²) in [4.78, 5) is 22.8. The summed E-state index contributed by atoms with van der Waals surface area (Å²) in [6.45, 7) is 2.23. The van der Waals surface area contributed by atoms with Crippen molar-refractivity contribution in [1.29, 1.82) is 0 Å². The minimum Gasteiger partial charge on any atom is -0.461 e. The Hall–Kier alpha value is -2.17. The summed E-state index contributed by atoms with van der Waals surface area (Å²) in [5.74, 6) is -1.63. The molecule has 0 atom stereocenters. The van der Waals surface area contributed by atoms with Gasteiger partial charge in [0.15, 0.2) is 11.6 Å². The SMILES string of the molecule is CC/C=C/COC(=O)CCCC(=O)Oc1ccccc1F. The molecule has 114 valence electrons. The van der Waals surface area contributed by atoms with Crippen molar-refractivity contribution in [2.75, 3.05) is 6.61 Å². The zero-order valence-corrected chi connectivity index (χ0v) is 12.0. The molecule has 21 heavy (non-hydrogen) atoms. The largest absolute Gasteiger partial charge is 0.461 e. The van der Waals surface area contributed by atoms with Gasteiger partial charge in [-0.3, -0.25) is 9.59 Å². The Morgan fingerprint density at radius 1 is 1.14 bits per heavy atom. The summed E-state index contributed by atoms with van der Waals surface area (Å²) < 4.78 is 23.0. The van der Waals surface area contributed by atoms with Gasteiger partial charge in [0.1, 0.15) is 6.61 Å². The van der Waals surface area contributed by atoms with Crippen LogP contribution in [-0.4, -0.2) is 18.5 Å². The van der Waals surface area contributed by atoms with E-state index in [0.29, 0.717) is 6.42 Å². The van der Waals surface area contributed by atoms with Gasteiger partial charge in [0.25, 0.3) is 0 Å². The van der Waals surface area contributed by atoms with E-state index in [1.165, 1.54) is 18.2 Å². The number of halogens is 1. The van der Waals surface area contributed by atoms with Crippen LogP contribution in [0.3, 0.4) is 0 Å². The van der Waals surface area contributed by atoms with Crippen LogP contribution < -0.4 is 4.74 Å². The van der Waals surface area contributed by atoms with Gasteiger partial charge in [0.05, 0.1) is 0 Å². The van der Waals surface area contributed by atoms with E-state index < -0.39 is 11.8 Å². The molecule has 1 rings (SSSR count). The maximum atomic E-state index is 13.2. The van der Waals surface area contributed by atoms with E-state index in [1.54, 1.807) is 12.1 Å². The van der Waals surface area contributed by atoms with Gasteiger partial charge in [-0.2, -0.15) is 0 Å². The number of hydrogen-bond donors (Lipinski definition) is 0. The lowest BCUT2D eigenvalue weighted by atomic mass is 10.2. The van der Waals surface area contributed by atoms with Gasteiger partial charge in [0, 0.05) is 12.8 Å². The average molecular weight is 294 g/mol. The second kappa shape index (κ2) is 9.69. The first-order valence-corrected chi connectivity index (χ1v) is 6.89. The van der Waals surface area contributed by atoms with Crippen LogP contribution in [0.2, 0.25) is 0 Å². The molecule has 0 fully saturated rings. The van der Waals surface area contributed by atoms with E-state index >= 15 is 0 Å². The molecule has 0 unspecified atom stereocenters. The third-order valence-electron chi connectivity index (χ3n) is 2.57. The van der Waals surface area contributed by atoms with Crippen molar-refractivity contribution in [3.05, 3.63) is 42.2 Å². The van der Waals surface area contributed by atoms with Crippen LogP contribution in [0.5, 0.6) is 5.75 Å². The minimum atomic E-state index is -0.590. The fraction of sp³-hybridized carbons (Fsp3) is 0.375. The van der Waals surface area contributed by atoms with Gasteiger partial charge in [0.2, 0.25) is 0 Å². The number of carbonyl (C=O) groups excluding carboxylic acids is 2. The van der Waals surface area contributed by atoms with Crippen molar-refractivity contribution in [2.24, 2.45) is 0 Å². The number of rotatable bonds is 8. The molecule has 0 aromatic heterocycles. The van der Waals surface area contributed by atoms with E-state index in [9.17, 15) is 14.0 Å². The molecule has 0 aliphatic heterocycles. The highest BCUT2D eigenvalue weighted by atomic mass is 19.1. The number of allylic oxidation sites excluding steroid dienone is 1. The topological polar surface area (TPSA) is 52.6 Å². The Labute approximate surface area is 123 Å². The van der Waals surface area contributed by atoms with Gasteiger partial charge >= 0.3 is 11.9 Å². The van der Waals surface area contributed by atoms with Crippen LogP contribution in [-0.2, 0) is 14.3 Å². The molecule has 0 spiro atoms. The third-order valence-corrected chi connectivity index (χ3v) is 2.57. The highest BCUT2D eigenvalue weighted by Gasteiger charge is 2.10. The molecule has 1 aromatic carbocycles. The standard InChI is InChI=1S/C16H19FO4/c1-2-3-6-12-20-15(18)10-7-11-16(19)21-14-9-5-4-8-13(14)17/h3-6,8-9H,2,7,10-12H2,1H3/b6-3+. The summed E-state index contributed by atoms with van der Waals surface area (Å²) in [5, 5.41) is 0. The summed E-state index contributed by atoms with van der Waals surface area (Å²) in [6, 6.07) is 5.67. The Balaban J connectivity index is 2.20. The molecule has 5 heteroatoms. The lowest BCUT2D eigenvalue weighted by Crippen LogP contribution is -2.10. The Kier molecular flexibility index (Phi) is 7.79. The summed E-state index contributed by atoms with van der Waals surface area (Å²) in [7, 11) is 0. The van der Waals surface area contributed by atoms with Crippen LogP contribution in [0.1, 0.15) is 32.6 Å². The van der Waals surface area contributed by atoms with Gasteiger partial charge in [-0.25, -0.2) is 4.39 Å². The van der Waals surface area contributed by atoms with E-state index in [2.05, 4.69) is 0 Å². The van der Waals surface area contributed by atoms with Crippen LogP contribution in [0.25, 0.3) is 0 Å². The number of para-hydroxylation sites is 1. The molecule has 1 aromatic rings. The summed E-state index contributed by atoms with van der Waals surface area (Å²) >= 11 is 0. The normalized spacial score (nSPS) is 10.6. The highest BCUT2D eigenvalue weighted by Crippen LogP contribution is 2.16. The van der Waals surface area contributed by atoms with E-state index in [-0.39, 0.29) is 31.2 Å². The maximum Gasteiger partial charge on any atom is 0.311 e. The predicted molar refractivity (Wildman–Crippen MR) is 76.3 cm³/mol. The fourth-order valence-electron chi connectivity index (χ4n) is 1.53. The molecule has 0 heterocycles. The van der Waals surface area contributed by atoms with Crippen molar-refractivity contribution in [1.82, 2.24) is 0 Å². The third kappa shape index (κ3) is 7.25. The van der Waals surface area contributed by atoms with Crippen molar-refractivity contribution in [3.8, 4) is 5.75 Å². The molecule has 0 saturated heterocycles. The molecular weight excluding hydrogens is 275 g/mol. The van der Waals surface area contributed by atoms with Crippen LogP contribution in [0.15, 0.2) is 36.4 Å². The smallest absolute Gasteiger partial charge is 0.311 e. The summed E-state index contributed by atoms with van der Waals surface area (Å²) in [5.41, 5.74) is 0. The molecule has 0 radical (unpaired) electrons. The van der Waals surface area contributed by atoms with Crippen molar-refractivity contribution < 1.29 is 23.5 Å². The molecule has 4 nitrogen and oxygen atoms in total. The van der Waals surface area contributed by atoms with Gasteiger partial charge in [-0.15, -0.1) is 0 Å². The zero-order chi connectivity index (χ0) is 15.5. The molecular formula is C16H19FO4. The maximum absolute atomic E-state index is 13.2. The van der Waals surface area contributed by atoms with Gasteiger partial charge in [-0.05, 0) is 25.0 Å².